The van der Waals surface area contributed by atoms with Crippen molar-refractivity contribution >= 4 is 120 Å². The Labute approximate surface area is 283 Å². The van der Waals surface area contributed by atoms with Crippen molar-refractivity contribution in [3.63, 3.8) is 0 Å². The lowest BCUT2D eigenvalue weighted by atomic mass is 9.61. The Morgan fingerprint density at radius 2 is 1.40 bits per heavy atom. The molecule has 7 aliphatic rings. The van der Waals surface area contributed by atoms with Crippen LogP contribution in [0.3, 0.4) is 0 Å². The number of anilines is 1. The SMILES string of the molecule is CC1N(c2ccc(O)cc2)CC2C3=c4c5c6c7c(cc8cc9c%10c%11c%12c%13c(cc%14c%15c(c4c4c5c5c7c8c%10c5c%12c4c%15%13)=C(C3)C%14)=CC%11C9)CC621. The molecule has 0 aromatic heterocycles. The van der Waals surface area contributed by atoms with E-state index in [2.05, 4.69) is 48.2 Å². The van der Waals surface area contributed by atoms with Crippen LogP contribution in [0.1, 0.15) is 47.1 Å². The van der Waals surface area contributed by atoms with Crippen LogP contribution in [0.4, 0.5) is 5.69 Å². The molecule has 11 aromatic carbocycles. The topological polar surface area (TPSA) is 23.5 Å². The third-order valence-electron chi connectivity index (χ3n) is 16.8. The maximum atomic E-state index is 10.3. The second kappa shape index (κ2) is 5.94. The summed E-state index contributed by atoms with van der Waals surface area (Å²) in [7, 11) is 0. The third-order valence-corrected chi connectivity index (χ3v) is 16.8. The molecule has 1 heterocycles. The number of phenolic OH excluding ortho intramolecular Hbond substituents is 1. The summed E-state index contributed by atoms with van der Waals surface area (Å²) in [5, 5.41) is 44.4. The van der Waals surface area contributed by atoms with Gasteiger partial charge in [0.1, 0.15) is 5.75 Å². The lowest BCUT2D eigenvalue weighted by Crippen LogP contribution is -2.46. The second-order valence-corrected chi connectivity index (χ2v) is 17.9. The van der Waals surface area contributed by atoms with Gasteiger partial charge in [0.2, 0.25) is 0 Å². The minimum absolute atomic E-state index is 0.0371. The van der Waals surface area contributed by atoms with Gasteiger partial charge in [-0.2, -0.15) is 0 Å². The molecule has 4 atom stereocenters. The van der Waals surface area contributed by atoms with Crippen LogP contribution in [-0.2, 0) is 24.7 Å². The third kappa shape index (κ3) is 1.65. The number of aromatic hydroxyl groups is 1. The normalized spacial score (nSPS) is 26.5. The molecule has 228 valence electrons. The van der Waals surface area contributed by atoms with Crippen molar-refractivity contribution in [1.82, 2.24) is 0 Å². The molecule has 1 N–H and O–H groups in total. The molecule has 1 aliphatic heterocycles. The van der Waals surface area contributed by atoms with Gasteiger partial charge < -0.3 is 10.0 Å². The highest BCUT2D eigenvalue weighted by Crippen LogP contribution is 2.68. The highest BCUT2D eigenvalue weighted by molar-refractivity contribution is 6.60. The van der Waals surface area contributed by atoms with Gasteiger partial charge in [0.15, 0.2) is 0 Å². The molecule has 1 spiro atoms. The monoisotopic (exact) mass is 631 g/mol. The van der Waals surface area contributed by atoms with Crippen molar-refractivity contribution in [1.29, 1.82) is 0 Å². The minimum Gasteiger partial charge on any atom is -0.508 e. The van der Waals surface area contributed by atoms with Crippen molar-refractivity contribution in [3.8, 4) is 5.75 Å². The molecule has 0 saturated carbocycles. The minimum atomic E-state index is 0.0371. The zero-order valence-corrected chi connectivity index (χ0v) is 27.3. The van der Waals surface area contributed by atoms with Gasteiger partial charge in [-0.1, -0.05) is 35.4 Å². The molecule has 1 saturated heterocycles. The zero-order chi connectivity index (χ0) is 31.3. The molecule has 2 heteroatoms. The molecule has 11 aromatic rings. The first kappa shape index (κ1) is 22.4. The first-order valence-corrected chi connectivity index (χ1v) is 19.0. The van der Waals surface area contributed by atoms with Gasteiger partial charge in [-0.25, -0.2) is 0 Å². The van der Waals surface area contributed by atoms with Gasteiger partial charge in [0, 0.05) is 35.5 Å². The number of benzene rings is 8. The van der Waals surface area contributed by atoms with Gasteiger partial charge in [-0.3, -0.25) is 0 Å². The van der Waals surface area contributed by atoms with E-state index in [0.717, 1.165) is 32.2 Å². The lowest BCUT2D eigenvalue weighted by Gasteiger charge is -2.41. The van der Waals surface area contributed by atoms with E-state index in [1.165, 1.54) is 16.3 Å². The highest BCUT2D eigenvalue weighted by atomic mass is 16.3. The molecule has 0 bridgehead atoms. The highest BCUT2D eigenvalue weighted by Gasteiger charge is 2.61. The Hall–Kier alpha value is -5.34. The van der Waals surface area contributed by atoms with Gasteiger partial charge in [0.25, 0.3) is 0 Å². The van der Waals surface area contributed by atoms with E-state index in [-0.39, 0.29) is 5.41 Å². The maximum Gasteiger partial charge on any atom is 0.115 e. The van der Waals surface area contributed by atoms with Crippen LogP contribution in [0.2, 0.25) is 0 Å². The summed E-state index contributed by atoms with van der Waals surface area (Å²) in [4.78, 5) is 2.73. The first-order chi connectivity index (χ1) is 24.6. The van der Waals surface area contributed by atoms with E-state index in [1.807, 2.05) is 12.1 Å². The summed E-state index contributed by atoms with van der Waals surface area (Å²) in [5.41, 5.74) is 13.0. The molecule has 0 radical (unpaired) electrons. The van der Waals surface area contributed by atoms with E-state index < -0.39 is 0 Å². The number of hydrogen-bond donors (Lipinski definition) is 1. The number of nitrogens with zero attached hydrogens (tertiary/aromatic N) is 1. The largest absolute Gasteiger partial charge is 0.508 e. The average Bonchev–Trinajstić information content (AvgIpc) is 3.96. The molecular formula is C48H25NO. The summed E-state index contributed by atoms with van der Waals surface area (Å²) in [6.45, 7) is 3.60. The van der Waals surface area contributed by atoms with Crippen LogP contribution in [0.25, 0.3) is 114 Å². The van der Waals surface area contributed by atoms with Crippen LogP contribution < -0.4 is 20.6 Å². The quantitative estimate of drug-likeness (QED) is 0.185. The number of rotatable bonds is 1. The Kier molecular flexibility index (Phi) is 2.66. The summed E-state index contributed by atoms with van der Waals surface area (Å²) in [6.07, 6.45) is 7.23. The predicted molar refractivity (Wildman–Crippen MR) is 205 cm³/mol. The summed E-state index contributed by atoms with van der Waals surface area (Å²) in [6, 6.07) is 16.4. The Morgan fingerprint density at radius 3 is 2.28 bits per heavy atom. The van der Waals surface area contributed by atoms with E-state index in [9.17, 15) is 5.11 Å². The Balaban J connectivity index is 1.22. The molecule has 2 nitrogen and oxygen atoms in total. The predicted octanol–water partition coefficient (Wildman–Crippen LogP) is 8.14. The van der Waals surface area contributed by atoms with Gasteiger partial charge in [-0.15, -0.1) is 0 Å². The fraction of sp³-hybridized carbons (Fsp3) is 0.208. The summed E-state index contributed by atoms with van der Waals surface area (Å²) >= 11 is 0. The van der Waals surface area contributed by atoms with Crippen LogP contribution in [0.5, 0.6) is 5.75 Å². The Bertz CT molecular complexity index is 3830. The first-order valence-electron chi connectivity index (χ1n) is 19.0. The van der Waals surface area contributed by atoms with Crippen molar-refractivity contribution in [3.05, 3.63) is 85.9 Å². The van der Waals surface area contributed by atoms with E-state index in [1.54, 1.807) is 141 Å². The molecule has 0 amide bonds. The standard InChI is InChI=1S/C48H25NO/c1-15-48-13-22-11-20-9-17-6-16-7-19-8-18-10-21-12-25(26(48)14-49(15)23-2-4-24(50)5-3-23)34-39-30(21)29(18)36-31(19)35-27(16)28(17)37-32(20)38-33(22)47(48)46(34)45-43(38)41(37)40(35)42(36)44(39)45/h2-5,7-9,11,15-16,26,50H,6,10,12-14H2,1H3. The van der Waals surface area contributed by atoms with Gasteiger partial charge in [-0.05, 0) is 197 Å². The maximum absolute atomic E-state index is 10.3. The fourth-order valence-corrected chi connectivity index (χ4v) is 15.6. The van der Waals surface area contributed by atoms with Crippen LogP contribution in [0.15, 0.2) is 42.5 Å². The van der Waals surface area contributed by atoms with Crippen molar-refractivity contribution < 1.29 is 5.11 Å². The van der Waals surface area contributed by atoms with E-state index in [0.29, 0.717) is 23.6 Å². The van der Waals surface area contributed by atoms with Crippen molar-refractivity contribution in [2.75, 3.05) is 11.4 Å². The van der Waals surface area contributed by atoms with Crippen molar-refractivity contribution in [2.24, 2.45) is 5.92 Å². The average molecular weight is 632 g/mol. The molecule has 6 aliphatic carbocycles. The number of hydrogen-bond acceptors (Lipinski definition) is 2. The van der Waals surface area contributed by atoms with Crippen LogP contribution in [-0.4, -0.2) is 17.7 Å². The second-order valence-electron chi connectivity index (χ2n) is 17.9. The zero-order valence-electron chi connectivity index (χ0n) is 27.3. The fourth-order valence-electron chi connectivity index (χ4n) is 15.6. The molecule has 50 heavy (non-hydrogen) atoms. The lowest BCUT2D eigenvalue weighted by molar-refractivity contribution is 0.359. The molecule has 1 fully saturated rings. The molecule has 4 unspecified atom stereocenters. The van der Waals surface area contributed by atoms with E-state index >= 15 is 0 Å². The molecular weight excluding hydrogens is 607 g/mol. The van der Waals surface area contributed by atoms with E-state index in [4.69, 9.17) is 0 Å². The van der Waals surface area contributed by atoms with Crippen LogP contribution in [0, 0.1) is 5.92 Å². The summed E-state index contributed by atoms with van der Waals surface area (Å²) < 4.78 is 0. The number of phenols is 1. The number of fused-ring (bicyclic) bond motifs is 1. The van der Waals surface area contributed by atoms with Gasteiger partial charge in [0.05, 0.1) is 0 Å². The van der Waals surface area contributed by atoms with Gasteiger partial charge >= 0.3 is 0 Å². The van der Waals surface area contributed by atoms with Crippen LogP contribution >= 0.6 is 0 Å². The Morgan fingerprint density at radius 1 is 0.660 bits per heavy atom. The molecule has 18 rings (SSSR count). The van der Waals surface area contributed by atoms with Crippen molar-refractivity contribution in [2.45, 2.75) is 50.0 Å². The summed E-state index contributed by atoms with van der Waals surface area (Å²) in [5.74, 6) is 1.31. The smallest absolute Gasteiger partial charge is 0.115 e.